The second kappa shape index (κ2) is 11.2. The number of unbranched alkanes of at least 4 members (excludes halogenated alkanes) is 5. The van der Waals surface area contributed by atoms with Crippen LogP contribution in [0, 0.1) is 0 Å². The number of rotatable bonds is 12. The monoisotopic (exact) mass is 305 g/mol. The molecule has 0 saturated heterocycles. The Balaban J connectivity index is 2.45. The van der Waals surface area contributed by atoms with E-state index in [-0.39, 0.29) is 12.5 Å². The lowest BCUT2D eigenvalue weighted by atomic mass is 10.1. The van der Waals surface area contributed by atoms with Crippen molar-refractivity contribution >= 4 is 5.97 Å². The summed E-state index contributed by atoms with van der Waals surface area (Å²) in [5.74, 6) is -0.714. The molecule has 0 amide bonds. The van der Waals surface area contributed by atoms with Crippen LogP contribution in [0.1, 0.15) is 64.4 Å². The molecule has 1 atom stereocenters. The molecule has 1 N–H and O–H groups in total. The highest BCUT2D eigenvalue weighted by molar-refractivity contribution is 5.67. The molecule has 0 aromatic heterocycles. The number of carbonyl (C=O) groups is 1. The molecule has 0 fully saturated rings. The van der Waals surface area contributed by atoms with Crippen molar-refractivity contribution in [1.82, 2.24) is 4.90 Å². The van der Waals surface area contributed by atoms with E-state index < -0.39 is 5.97 Å². The Morgan fingerprint density at radius 2 is 1.73 bits per heavy atom. The van der Waals surface area contributed by atoms with Gasteiger partial charge < -0.3 is 5.11 Å². The summed E-state index contributed by atoms with van der Waals surface area (Å²) in [6.07, 6.45) is 7.81. The van der Waals surface area contributed by atoms with Gasteiger partial charge in [0.15, 0.2) is 0 Å². The van der Waals surface area contributed by atoms with Gasteiger partial charge in [0.05, 0.1) is 6.42 Å². The van der Waals surface area contributed by atoms with Gasteiger partial charge in [-0.2, -0.15) is 0 Å². The predicted octanol–water partition coefficient (Wildman–Crippen LogP) is 4.71. The first-order valence-electron chi connectivity index (χ1n) is 8.63. The van der Waals surface area contributed by atoms with Crippen molar-refractivity contribution in [2.45, 2.75) is 71.4 Å². The summed E-state index contributed by atoms with van der Waals surface area (Å²) in [6, 6.07) is 10.4. The van der Waals surface area contributed by atoms with Crippen molar-refractivity contribution in [2.24, 2.45) is 0 Å². The average molecular weight is 305 g/mol. The zero-order valence-corrected chi connectivity index (χ0v) is 14.1. The second-order valence-corrected chi connectivity index (χ2v) is 6.17. The number of hydrogen-bond acceptors (Lipinski definition) is 2. The van der Waals surface area contributed by atoms with Gasteiger partial charge in [0.1, 0.15) is 0 Å². The molecular formula is C19H31NO2. The highest BCUT2D eigenvalue weighted by Crippen LogP contribution is 2.13. The number of hydrogen-bond donors (Lipinski definition) is 1. The topological polar surface area (TPSA) is 40.5 Å². The number of carboxylic acids is 1. The molecule has 0 spiro atoms. The third kappa shape index (κ3) is 8.18. The van der Waals surface area contributed by atoms with E-state index in [1.165, 1.54) is 37.7 Å². The third-order valence-corrected chi connectivity index (χ3v) is 4.12. The minimum absolute atomic E-state index is 0.0772. The zero-order valence-electron chi connectivity index (χ0n) is 14.1. The van der Waals surface area contributed by atoms with E-state index in [4.69, 9.17) is 5.11 Å². The SMILES string of the molecule is CCCCCCCCN(Cc1ccccc1)C(C)CC(=O)O. The van der Waals surface area contributed by atoms with Crippen LogP contribution in [0.2, 0.25) is 0 Å². The van der Waals surface area contributed by atoms with Gasteiger partial charge in [-0.15, -0.1) is 0 Å². The Bertz CT molecular complexity index is 405. The fraction of sp³-hybridized carbons (Fsp3) is 0.632. The van der Waals surface area contributed by atoms with Crippen LogP contribution < -0.4 is 0 Å². The zero-order chi connectivity index (χ0) is 16.2. The first-order valence-corrected chi connectivity index (χ1v) is 8.63. The standard InChI is InChI=1S/C19H31NO2/c1-3-4-5-6-7-11-14-20(17(2)15-19(21)22)16-18-12-9-8-10-13-18/h8-10,12-13,17H,3-7,11,14-16H2,1-2H3,(H,21,22). The first kappa shape index (κ1) is 18.7. The number of carboxylic acid groups (broad SMARTS) is 1. The maximum Gasteiger partial charge on any atom is 0.304 e. The molecule has 0 saturated carbocycles. The van der Waals surface area contributed by atoms with Crippen molar-refractivity contribution in [3.63, 3.8) is 0 Å². The van der Waals surface area contributed by atoms with E-state index in [0.717, 1.165) is 19.5 Å². The van der Waals surface area contributed by atoms with Crippen molar-refractivity contribution < 1.29 is 9.90 Å². The van der Waals surface area contributed by atoms with Gasteiger partial charge in [-0.05, 0) is 25.5 Å². The molecule has 124 valence electrons. The Hall–Kier alpha value is -1.35. The molecular weight excluding hydrogens is 274 g/mol. The normalized spacial score (nSPS) is 12.5. The van der Waals surface area contributed by atoms with Gasteiger partial charge in [0, 0.05) is 12.6 Å². The number of benzene rings is 1. The number of nitrogens with zero attached hydrogens (tertiary/aromatic N) is 1. The second-order valence-electron chi connectivity index (χ2n) is 6.17. The van der Waals surface area contributed by atoms with Gasteiger partial charge in [0.2, 0.25) is 0 Å². The lowest BCUT2D eigenvalue weighted by Crippen LogP contribution is -2.35. The van der Waals surface area contributed by atoms with Crippen molar-refractivity contribution in [2.75, 3.05) is 6.54 Å². The summed E-state index contributed by atoms with van der Waals surface area (Å²) in [5.41, 5.74) is 1.26. The van der Waals surface area contributed by atoms with E-state index in [0.29, 0.717) is 0 Å². The Morgan fingerprint density at radius 1 is 1.09 bits per heavy atom. The fourth-order valence-corrected chi connectivity index (χ4v) is 2.75. The fourth-order valence-electron chi connectivity index (χ4n) is 2.75. The van der Waals surface area contributed by atoms with Crippen molar-refractivity contribution in [3.8, 4) is 0 Å². The molecule has 3 nitrogen and oxygen atoms in total. The van der Waals surface area contributed by atoms with Crippen LogP contribution in [0.3, 0.4) is 0 Å². The molecule has 0 bridgehead atoms. The molecule has 22 heavy (non-hydrogen) atoms. The molecule has 0 heterocycles. The Morgan fingerprint density at radius 3 is 2.36 bits per heavy atom. The highest BCUT2D eigenvalue weighted by atomic mass is 16.4. The van der Waals surface area contributed by atoms with E-state index in [1.807, 2.05) is 25.1 Å². The van der Waals surface area contributed by atoms with Crippen LogP contribution in [0.4, 0.5) is 0 Å². The van der Waals surface area contributed by atoms with E-state index in [2.05, 4.69) is 24.0 Å². The largest absolute Gasteiger partial charge is 0.481 e. The molecule has 1 rings (SSSR count). The average Bonchev–Trinajstić information content (AvgIpc) is 2.50. The highest BCUT2D eigenvalue weighted by Gasteiger charge is 2.16. The molecule has 0 aliphatic heterocycles. The van der Waals surface area contributed by atoms with Crippen molar-refractivity contribution in [1.29, 1.82) is 0 Å². The maximum atomic E-state index is 11.0. The minimum Gasteiger partial charge on any atom is -0.481 e. The number of aliphatic carboxylic acids is 1. The molecule has 0 aliphatic rings. The lowest BCUT2D eigenvalue weighted by molar-refractivity contribution is -0.138. The van der Waals surface area contributed by atoms with Gasteiger partial charge in [-0.25, -0.2) is 0 Å². The van der Waals surface area contributed by atoms with Gasteiger partial charge >= 0.3 is 5.97 Å². The van der Waals surface area contributed by atoms with Crippen LogP contribution in [0.15, 0.2) is 30.3 Å². The molecule has 0 aliphatic carbocycles. The summed E-state index contributed by atoms with van der Waals surface area (Å²) in [5, 5.41) is 9.04. The molecule has 3 heteroatoms. The summed E-state index contributed by atoms with van der Waals surface area (Å²) in [6.45, 7) is 6.07. The van der Waals surface area contributed by atoms with Crippen LogP contribution in [0.25, 0.3) is 0 Å². The van der Waals surface area contributed by atoms with Crippen LogP contribution in [0.5, 0.6) is 0 Å². The Kier molecular flexibility index (Phi) is 9.56. The summed E-state index contributed by atoms with van der Waals surface area (Å²) in [7, 11) is 0. The van der Waals surface area contributed by atoms with Crippen molar-refractivity contribution in [3.05, 3.63) is 35.9 Å². The maximum absolute atomic E-state index is 11.0. The smallest absolute Gasteiger partial charge is 0.304 e. The van der Waals surface area contributed by atoms with E-state index in [9.17, 15) is 4.79 Å². The molecule has 1 aromatic rings. The summed E-state index contributed by atoms with van der Waals surface area (Å²) in [4.78, 5) is 13.3. The Labute approximate surface area is 135 Å². The predicted molar refractivity (Wildman–Crippen MR) is 91.9 cm³/mol. The van der Waals surface area contributed by atoms with Gasteiger partial charge in [-0.3, -0.25) is 9.69 Å². The third-order valence-electron chi connectivity index (χ3n) is 4.12. The van der Waals surface area contributed by atoms with Crippen LogP contribution in [-0.2, 0) is 11.3 Å². The van der Waals surface area contributed by atoms with E-state index in [1.54, 1.807) is 0 Å². The molecule has 1 aromatic carbocycles. The summed E-state index contributed by atoms with van der Waals surface area (Å²) < 4.78 is 0. The van der Waals surface area contributed by atoms with Crippen LogP contribution in [-0.4, -0.2) is 28.6 Å². The molecule has 0 radical (unpaired) electrons. The van der Waals surface area contributed by atoms with E-state index >= 15 is 0 Å². The van der Waals surface area contributed by atoms with Gasteiger partial charge in [0.25, 0.3) is 0 Å². The first-order chi connectivity index (χ1) is 10.6. The minimum atomic E-state index is -0.714. The quantitative estimate of drug-likeness (QED) is 0.568. The lowest BCUT2D eigenvalue weighted by Gasteiger charge is -2.28. The summed E-state index contributed by atoms with van der Waals surface area (Å²) >= 11 is 0. The van der Waals surface area contributed by atoms with Crippen LogP contribution >= 0.6 is 0 Å². The van der Waals surface area contributed by atoms with Gasteiger partial charge in [-0.1, -0.05) is 69.4 Å². The molecule has 1 unspecified atom stereocenters.